The lowest BCUT2D eigenvalue weighted by molar-refractivity contribution is -0.0708. The summed E-state index contributed by atoms with van der Waals surface area (Å²) in [6, 6.07) is -0.336. The molecule has 0 saturated carbocycles. The van der Waals surface area contributed by atoms with Crippen molar-refractivity contribution in [3.05, 3.63) is 0 Å². The minimum Gasteiger partial charge on any atom is -0.376 e. The second-order valence-electron chi connectivity index (χ2n) is 8.12. The van der Waals surface area contributed by atoms with Crippen LogP contribution in [0, 0.1) is 0 Å². The summed E-state index contributed by atoms with van der Waals surface area (Å²) in [5.74, 6) is 0. The van der Waals surface area contributed by atoms with E-state index < -0.39 is 32.2 Å². The number of hydrogen-bond donors (Lipinski definition) is 2. The SMILES string of the molecule is CC(C)OC[C@H]1O[C@@H](C)C[C@H]1OP(=O)(O)OC[C@H]1O[C@@H](C)[C@@H](N)C1OC(C)C. The van der Waals surface area contributed by atoms with Gasteiger partial charge in [-0.2, -0.15) is 0 Å². The van der Waals surface area contributed by atoms with Gasteiger partial charge in [0.05, 0.1) is 43.7 Å². The monoisotopic (exact) mass is 425 g/mol. The van der Waals surface area contributed by atoms with Crippen LogP contribution >= 0.6 is 7.82 Å². The number of phosphoric acid groups is 1. The molecule has 2 rings (SSSR count). The molecule has 166 valence electrons. The van der Waals surface area contributed by atoms with E-state index >= 15 is 0 Å². The number of phosphoric ester groups is 1. The van der Waals surface area contributed by atoms with E-state index in [-0.39, 0.29) is 43.7 Å². The van der Waals surface area contributed by atoms with Crippen LogP contribution in [0.2, 0.25) is 0 Å². The van der Waals surface area contributed by atoms with Crippen LogP contribution < -0.4 is 5.73 Å². The first-order chi connectivity index (χ1) is 13.0. The Hall–Kier alpha value is -0.0900. The Labute approximate surface area is 167 Å². The topological polar surface area (TPSA) is 119 Å². The number of rotatable bonds is 10. The highest BCUT2D eigenvalue weighted by Crippen LogP contribution is 2.48. The van der Waals surface area contributed by atoms with Gasteiger partial charge >= 0.3 is 7.82 Å². The van der Waals surface area contributed by atoms with Gasteiger partial charge in [-0.1, -0.05) is 0 Å². The lowest BCUT2D eigenvalue weighted by atomic mass is 10.1. The first-order valence-corrected chi connectivity index (χ1v) is 11.5. The van der Waals surface area contributed by atoms with E-state index in [0.29, 0.717) is 6.42 Å². The quantitative estimate of drug-likeness (QED) is 0.507. The zero-order valence-corrected chi connectivity index (χ0v) is 18.5. The van der Waals surface area contributed by atoms with Crippen molar-refractivity contribution in [2.75, 3.05) is 13.2 Å². The fraction of sp³-hybridized carbons (Fsp3) is 1.00. The molecule has 2 heterocycles. The summed E-state index contributed by atoms with van der Waals surface area (Å²) < 4.78 is 46.0. The number of ether oxygens (including phenoxy) is 4. The normalized spacial score (nSPS) is 38.4. The Morgan fingerprint density at radius 2 is 1.79 bits per heavy atom. The molecule has 9 nitrogen and oxygen atoms in total. The van der Waals surface area contributed by atoms with E-state index in [2.05, 4.69) is 0 Å². The van der Waals surface area contributed by atoms with Crippen molar-refractivity contribution in [1.82, 2.24) is 0 Å². The van der Waals surface area contributed by atoms with Crippen molar-refractivity contribution < 1.29 is 37.5 Å². The van der Waals surface area contributed by atoms with Crippen molar-refractivity contribution in [3.8, 4) is 0 Å². The van der Waals surface area contributed by atoms with E-state index in [0.717, 1.165) is 0 Å². The molecule has 2 fully saturated rings. The van der Waals surface area contributed by atoms with Gasteiger partial charge in [0.1, 0.15) is 24.4 Å². The summed E-state index contributed by atoms with van der Waals surface area (Å²) in [4.78, 5) is 10.2. The molecule has 3 N–H and O–H groups in total. The third kappa shape index (κ3) is 7.00. The van der Waals surface area contributed by atoms with Crippen LogP contribution in [0.15, 0.2) is 0 Å². The highest BCUT2D eigenvalue weighted by atomic mass is 31.2. The molecule has 0 radical (unpaired) electrons. The zero-order chi connectivity index (χ0) is 21.1. The van der Waals surface area contributed by atoms with E-state index in [9.17, 15) is 9.46 Å². The second-order valence-corrected chi connectivity index (χ2v) is 9.52. The Bertz CT molecular complexity index is 534. The zero-order valence-electron chi connectivity index (χ0n) is 17.6. The summed E-state index contributed by atoms with van der Waals surface area (Å²) >= 11 is 0. The molecular weight excluding hydrogens is 389 g/mol. The standard InChI is InChI=1S/C18H36NO8P/c1-10(2)22-8-15-14(7-12(5)25-15)27-28(20,21)23-9-16-18(24-11(3)4)17(19)13(6)26-16/h10-18H,7-9,19H2,1-6H3,(H,20,21)/t12-,13-,14+,15+,16+,17+,18?/m0/s1. The second kappa shape index (κ2) is 10.3. The molecule has 0 aromatic carbocycles. The molecule has 0 amide bonds. The molecule has 10 heteroatoms. The van der Waals surface area contributed by atoms with Crippen LogP contribution in [-0.2, 0) is 32.6 Å². The molecule has 2 aliphatic heterocycles. The van der Waals surface area contributed by atoms with Crippen molar-refractivity contribution in [2.45, 2.75) is 103 Å². The maximum absolute atomic E-state index is 12.5. The van der Waals surface area contributed by atoms with E-state index in [1.807, 2.05) is 41.5 Å². The van der Waals surface area contributed by atoms with Crippen LogP contribution in [0.5, 0.6) is 0 Å². The largest absolute Gasteiger partial charge is 0.472 e. The molecule has 0 spiro atoms. The van der Waals surface area contributed by atoms with Crippen molar-refractivity contribution in [3.63, 3.8) is 0 Å². The van der Waals surface area contributed by atoms with E-state index in [1.54, 1.807) is 0 Å². The van der Waals surface area contributed by atoms with E-state index in [1.165, 1.54) is 0 Å². The van der Waals surface area contributed by atoms with Crippen LogP contribution in [-0.4, -0.2) is 73.0 Å². The maximum atomic E-state index is 12.5. The molecule has 0 aromatic rings. The Morgan fingerprint density at radius 1 is 1.11 bits per heavy atom. The highest BCUT2D eigenvalue weighted by molar-refractivity contribution is 7.47. The Kier molecular flexibility index (Phi) is 8.88. The summed E-state index contributed by atoms with van der Waals surface area (Å²) in [5.41, 5.74) is 6.12. The Balaban J connectivity index is 1.90. The van der Waals surface area contributed by atoms with Crippen LogP contribution in [0.25, 0.3) is 0 Å². The molecule has 8 atom stereocenters. The summed E-state index contributed by atoms with van der Waals surface area (Å²) in [5, 5.41) is 0. The molecule has 2 saturated heterocycles. The van der Waals surface area contributed by atoms with Gasteiger partial charge in [-0.05, 0) is 41.5 Å². The Morgan fingerprint density at radius 3 is 2.39 bits per heavy atom. The van der Waals surface area contributed by atoms with Gasteiger partial charge < -0.3 is 29.6 Å². The molecule has 2 aliphatic rings. The third-order valence-corrected chi connectivity index (χ3v) is 5.77. The van der Waals surface area contributed by atoms with Gasteiger partial charge in [0.15, 0.2) is 0 Å². The summed E-state index contributed by atoms with van der Waals surface area (Å²) in [6.45, 7) is 11.5. The first-order valence-electron chi connectivity index (χ1n) is 9.97. The fourth-order valence-corrected chi connectivity index (χ4v) is 4.38. The summed E-state index contributed by atoms with van der Waals surface area (Å²) in [6.07, 6.45) is -1.84. The molecule has 2 unspecified atom stereocenters. The smallest absolute Gasteiger partial charge is 0.376 e. The van der Waals surface area contributed by atoms with Gasteiger partial charge in [0, 0.05) is 6.42 Å². The third-order valence-electron chi connectivity index (χ3n) is 4.76. The molecule has 0 bridgehead atoms. The van der Waals surface area contributed by atoms with Gasteiger partial charge in [-0.25, -0.2) is 4.57 Å². The lowest BCUT2D eigenvalue weighted by Crippen LogP contribution is -2.43. The average Bonchev–Trinajstić information content (AvgIpc) is 3.04. The van der Waals surface area contributed by atoms with Crippen molar-refractivity contribution in [1.29, 1.82) is 0 Å². The van der Waals surface area contributed by atoms with Crippen LogP contribution in [0.1, 0.15) is 48.0 Å². The average molecular weight is 425 g/mol. The molecule has 0 aromatic heterocycles. The van der Waals surface area contributed by atoms with E-state index in [4.69, 9.17) is 33.7 Å². The minimum atomic E-state index is -4.32. The maximum Gasteiger partial charge on any atom is 0.472 e. The lowest BCUT2D eigenvalue weighted by Gasteiger charge is -2.25. The fourth-order valence-electron chi connectivity index (χ4n) is 3.42. The molecular formula is C18H36NO8P. The van der Waals surface area contributed by atoms with Crippen molar-refractivity contribution in [2.24, 2.45) is 5.73 Å². The molecule has 0 aliphatic carbocycles. The van der Waals surface area contributed by atoms with Gasteiger partial charge in [-0.3, -0.25) is 9.05 Å². The van der Waals surface area contributed by atoms with Gasteiger partial charge in [-0.15, -0.1) is 0 Å². The van der Waals surface area contributed by atoms with Crippen molar-refractivity contribution >= 4 is 7.82 Å². The number of nitrogens with two attached hydrogens (primary N) is 1. The highest BCUT2D eigenvalue weighted by Gasteiger charge is 2.44. The molecule has 28 heavy (non-hydrogen) atoms. The van der Waals surface area contributed by atoms with Crippen LogP contribution in [0.3, 0.4) is 0 Å². The predicted octanol–water partition coefficient (Wildman–Crippen LogP) is 2.00. The van der Waals surface area contributed by atoms with Crippen LogP contribution in [0.4, 0.5) is 0 Å². The number of hydrogen-bond acceptors (Lipinski definition) is 8. The first kappa shape index (κ1) is 24.2. The summed E-state index contributed by atoms with van der Waals surface area (Å²) in [7, 11) is -4.32. The minimum absolute atomic E-state index is 0.0286. The predicted molar refractivity (Wildman–Crippen MR) is 103 cm³/mol. The van der Waals surface area contributed by atoms with Gasteiger partial charge in [0.25, 0.3) is 0 Å². The van der Waals surface area contributed by atoms with Gasteiger partial charge in [0.2, 0.25) is 0 Å².